The van der Waals surface area contributed by atoms with Gasteiger partial charge >= 0.3 is 7.60 Å². The number of anilines is 2. The highest BCUT2D eigenvalue weighted by Gasteiger charge is 2.19. The quantitative estimate of drug-likeness (QED) is 0.221. The summed E-state index contributed by atoms with van der Waals surface area (Å²) in [6.07, 6.45) is 0.321. The molecule has 0 radical (unpaired) electrons. The first kappa shape index (κ1) is 21.8. The van der Waals surface area contributed by atoms with Crippen LogP contribution in [-0.2, 0) is 15.8 Å². The van der Waals surface area contributed by atoms with Crippen LogP contribution in [0, 0.1) is 0 Å². The predicted molar refractivity (Wildman–Crippen MR) is 109 cm³/mol. The second-order valence-electron chi connectivity index (χ2n) is 6.88. The molecule has 7 N–H and O–H groups in total. The Labute approximate surface area is 171 Å². The molecule has 30 heavy (non-hydrogen) atoms. The van der Waals surface area contributed by atoms with Gasteiger partial charge in [0.2, 0.25) is 5.95 Å². The van der Waals surface area contributed by atoms with Crippen molar-refractivity contribution in [3.63, 3.8) is 0 Å². The Kier molecular flexibility index (Phi) is 6.13. The summed E-state index contributed by atoms with van der Waals surface area (Å²) in [4.78, 5) is 30.6. The first-order valence-electron chi connectivity index (χ1n) is 8.96. The van der Waals surface area contributed by atoms with E-state index >= 15 is 0 Å². The molecule has 0 saturated heterocycles. The van der Waals surface area contributed by atoms with Crippen LogP contribution in [0.2, 0.25) is 0 Å². The molecule has 0 aliphatic carbocycles. The van der Waals surface area contributed by atoms with Crippen molar-refractivity contribution < 1.29 is 29.3 Å². The number of nitrogen functional groups attached to an aromatic ring is 1. The van der Waals surface area contributed by atoms with Crippen molar-refractivity contribution >= 4 is 30.5 Å². The van der Waals surface area contributed by atoms with Gasteiger partial charge in [-0.05, 0) is 31.5 Å². The second-order valence-corrected chi connectivity index (χ2v) is 8.47. The van der Waals surface area contributed by atoms with Crippen LogP contribution in [0.3, 0.4) is 0 Å². The maximum absolute atomic E-state index is 11.0. The van der Waals surface area contributed by atoms with Crippen molar-refractivity contribution in [3.05, 3.63) is 30.1 Å². The summed E-state index contributed by atoms with van der Waals surface area (Å²) in [6.45, 7) is 3.75. The zero-order valence-corrected chi connectivity index (χ0v) is 17.2. The van der Waals surface area contributed by atoms with E-state index in [4.69, 9.17) is 20.3 Å². The van der Waals surface area contributed by atoms with Crippen LogP contribution in [-0.4, -0.2) is 52.0 Å². The van der Waals surface area contributed by atoms with Gasteiger partial charge in [-0.2, -0.15) is 9.97 Å². The van der Waals surface area contributed by atoms with Crippen LogP contribution in [0.15, 0.2) is 24.5 Å². The monoisotopic (exact) mass is 438 g/mol. The number of nitrogens with one attached hydrogen (secondary N) is 1. The molecule has 1 unspecified atom stereocenters. The number of nitrogens with zero attached hydrogens (tertiary/aromatic N) is 4. The number of nitrogens with two attached hydrogens (primary N) is 1. The number of aromatic hydroxyl groups is 2. The van der Waals surface area contributed by atoms with Gasteiger partial charge in [-0.15, -0.1) is 0 Å². The first-order chi connectivity index (χ1) is 14.0. The third-order valence-electron chi connectivity index (χ3n) is 4.31. The van der Waals surface area contributed by atoms with Crippen LogP contribution >= 0.6 is 7.60 Å². The Balaban J connectivity index is 1.83. The van der Waals surface area contributed by atoms with Crippen molar-refractivity contribution in [1.82, 2.24) is 19.5 Å². The molecular weight excluding hydrogens is 415 g/mol. The molecule has 2 aromatic heterocycles. The summed E-state index contributed by atoms with van der Waals surface area (Å²) < 4.78 is 17.8. The molecule has 162 valence electrons. The number of phenols is 2. The lowest BCUT2D eigenvalue weighted by molar-refractivity contribution is 0.0764. The molecule has 0 spiro atoms. The molecule has 12 nitrogen and oxygen atoms in total. The van der Waals surface area contributed by atoms with Gasteiger partial charge < -0.3 is 40.4 Å². The summed E-state index contributed by atoms with van der Waals surface area (Å²) in [5, 5.41) is 22.4. The Hall–Kier alpha value is -2.92. The molecule has 1 aromatic carbocycles. The maximum Gasteiger partial charge on any atom is 0.350 e. The average molecular weight is 438 g/mol. The molecule has 0 fully saturated rings. The lowest BCUT2D eigenvalue weighted by Gasteiger charge is -2.17. The van der Waals surface area contributed by atoms with E-state index in [0.29, 0.717) is 22.5 Å². The molecule has 0 bridgehead atoms. The van der Waals surface area contributed by atoms with Crippen molar-refractivity contribution in [2.75, 3.05) is 17.4 Å². The van der Waals surface area contributed by atoms with Crippen LogP contribution in [0.5, 0.6) is 11.5 Å². The van der Waals surface area contributed by atoms with E-state index in [9.17, 15) is 14.8 Å². The van der Waals surface area contributed by atoms with Gasteiger partial charge in [0, 0.05) is 0 Å². The first-order valence-corrected chi connectivity index (χ1v) is 10.8. The third-order valence-corrected chi connectivity index (χ3v) is 4.80. The minimum atomic E-state index is -4.26. The van der Waals surface area contributed by atoms with Gasteiger partial charge in [0.05, 0.1) is 25.0 Å². The molecule has 0 saturated carbocycles. The average Bonchev–Trinajstić information content (AvgIpc) is 3.04. The summed E-state index contributed by atoms with van der Waals surface area (Å²) in [7, 11) is -4.26. The zero-order chi connectivity index (χ0) is 22.1. The van der Waals surface area contributed by atoms with Crippen molar-refractivity contribution in [2.45, 2.75) is 32.5 Å². The Morgan fingerprint density at radius 3 is 2.63 bits per heavy atom. The normalized spacial score (nSPS) is 14.0. The minimum absolute atomic E-state index is 0.0105. The van der Waals surface area contributed by atoms with Gasteiger partial charge in [0.15, 0.2) is 28.5 Å². The lowest BCUT2D eigenvalue weighted by Crippen LogP contribution is -2.17. The predicted octanol–water partition coefficient (Wildman–Crippen LogP) is 1.53. The number of hydrogen-bond acceptors (Lipinski definition) is 9. The molecule has 0 amide bonds. The van der Waals surface area contributed by atoms with Crippen LogP contribution in [0.1, 0.15) is 25.5 Å². The summed E-state index contributed by atoms with van der Waals surface area (Å²) in [5.41, 5.74) is 7.42. The van der Waals surface area contributed by atoms with Gasteiger partial charge in [0.25, 0.3) is 0 Å². The molecule has 0 aliphatic heterocycles. The number of imidazole rings is 1. The lowest BCUT2D eigenvalue weighted by atomic mass is 10.1. The fourth-order valence-corrected chi connectivity index (χ4v) is 3.30. The van der Waals surface area contributed by atoms with Crippen molar-refractivity contribution in [2.24, 2.45) is 0 Å². The van der Waals surface area contributed by atoms with E-state index in [2.05, 4.69) is 20.3 Å². The highest BCUT2D eigenvalue weighted by molar-refractivity contribution is 7.51. The highest BCUT2D eigenvalue weighted by atomic mass is 31.2. The van der Waals surface area contributed by atoms with E-state index in [1.54, 1.807) is 17.6 Å². The molecule has 2 heterocycles. The number of aromatic nitrogens is 4. The van der Waals surface area contributed by atoms with Crippen molar-refractivity contribution in [3.8, 4) is 11.5 Å². The number of rotatable bonds is 8. The smallest absolute Gasteiger partial charge is 0.350 e. The van der Waals surface area contributed by atoms with Gasteiger partial charge in [0.1, 0.15) is 6.35 Å². The summed E-state index contributed by atoms with van der Waals surface area (Å²) in [6, 6.07) is 4.19. The Bertz CT molecular complexity index is 1100. The van der Waals surface area contributed by atoms with Gasteiger partial charge in [-0.1, -0.05) is 6.07 Å². The minimum Gasteiger partial charge on any atom is -0.504 e. The van der Waals surface area contributed by atoms with E-state index in [-0.39, 0.29) is 30.0 Å². The number of benzene rings is 1. The van der Waals surface area contributed by atoms with Crippen LogP contribution < -0.4 is 11.1 Å². The van der Waals surface area contributed by atoms with E-state index in [1.807, 2.05) is 6.92 Å². The Morgan fingerprint density at radius 2 is 1.97 bits per heavy atom. The summed E-state index contributed by atoms with van der Waals surface area (Å²) in [5.74, 6) is -0.0630. The van der Waals surface area contributed by atoms with E-state index < -0.39 is 20.0 Å². The largest absolute Gasteiger partial charge is 0.504 e. The number of fused-ring (bicyclic) bond motifs is 1. The Morgan fingerprint density at radius 1 is 1.23 bits per heavy atom. The molecule has 0 aliphatic rings. The highest BCUT2D eigenvalue weighted by Crippen LogP contribution is 2.34. The number of phenolic OH excluding ortho intramolecular Hbond substituents is 2. The van der Waals surface area contributed by atoms with Crippen LogP contribution in [0.25, 0.3) is 11.2 Å². The fourth-order valence-electron chi connectivity index (χ4n) is 2.85. The molecule has 3 aromatic rings. The molecular formula is C17H23N6O6P. The fraction of sp³-hybridized carbons (Fsp3) is 0.353. The standard InChI is InChI=1S/C17H23N6O6P/c1-9(29-8-30(26,27)28)6-23-7-19-14-15(21-17(18)22-16(14)23)20-10(2)11-3-4-12(24)13(25)5-11/h3-5,7,9-10,24-25H,6,8H2,1-2H3,(H2,26,27,28)(H3,18,20,21,22)/t9-,10?/m1/s1. The van der Waals surface area contributed by atoms with Gasteiger partial charge in [-0.3, -0.25) is 4.57 Å². The molecule has 3 rings (SSSR count). The third kappa shape index (κ3) is 5.16. The second kappa shape index (κ2) is 8.44. The topological polar surface area (TPSA) is 189 Å². The van der Waals surface area contributed by atoms with Crippen molar-refractivity contribution in [1.29, 1.82) is 0 Å². The van der Waals surface area contributed by atoms with Crippen LogP contribution in [0.4, 0.5) is 11.8 Å². The molecule has 13 heteroatoms. The summed E-state index contributed by atoms with van der Waals surface area (Å²) >= 11 is 0. The maximum atomic E-state index is 11.0. The zero-order valence-electron chi connectivity index (χ0n) is 16.3. The van der Waals surface area contributed by atoms with Gasteiger partial charge in [-0.25, -0.2) is 4.98 Å². The number of hydrogen-bond donors (Lipinski definition) is 6. The molecule has 2 atom stereocenters. The van der Waals surface area contributed by atoms with E-state index in [0.717, 1.165) is 0 Å². The SMILES string of the molecule is CC(Nc1nc(N)nc2c1ncn2C[C@@H](C)OCP(=O)(O)O)c1ccc(O)c(O)c1. The van der Waals surface area contributed by atoms with E-state index in [1.165, 1.54) is 18.5 Å². The number of ether oxygens (including phenoxy) is 1.